The molecular weight excluding hydrogens is 634 g/mol. The van der Waals surface area contributed by atoms with Crippen LogP contribution < -0.4 is 37.6 Å². The van der Waals surface area contributed by atoms with Gasteiger partial charge in [-0.2, -0.15) is 0 Å². The largest absolute Gasteiger partial charge is 0.480 e. The van der Waals surface area contributed by atoms with Crippen molar-refractivity contribution in [2.45, 2.75) is 69.2 Å². The van der Waals surface area contributed by atoms with Crippen molar-refractivity contribution in [2.24, 2.45) is 10.7 Å². The summed E-state index contributed by atoms with van der Waals surface area (Å²) in [5.74, 6) is -7.96. The molecule has 1 heterocycles. The Morgan fingerprint density at radius 1 is 0.917 bits per heavy atom. The monoisotopic (exact) mass is 675 g/mol. The number of nitrogens with zero attached hydrogens (tertiary/aromatic N) is 2. The van der Waals surface area contributed by atoms with Gasteiger partial charge in [-0.3, -0.25) is 34.3 Å². The number of hydrogen-bond donors (Lipinski definition) is 9. The average molecular weight is 676 g/mol. The van der Waals surface area contributed by atoms with Crippen molar-refractivity contribution >= 4 is 53.5 Å². The Morgan fingerprint density at radius 2 is 1.50 bits per heavy atom. The second-order valence-electron chi connectivity index (χ2n) is 10.9. The number of nitrogens with one attached hydrogen (secondary N) is 6. The highest BCUT2D eigenvalue weighted by atomic mass is 16.4. The van der Waals surface area contributed by atoms with Crippen molar-refractivity contribution in [3.63, 3.8) is 0 Å². The predicted molar refractivity (Wildman–Crippen MR) is 168 cm³/mol. The van der Waals surface area contributed by atoms with Gasteiger partial charge in [0.25, 0.3) is 0 Å². The van der Waals surface area contributed by atoms with Crippen LogP contribution in [0.4, 0.5) is 4.79 Å². The van der Waals surface area contributed by atoms with E-state index in [4.69, 9.17) is 5.73 Å². The maximum atomic E-state index is 13.9. The van der Waals surface area contributed by atoms with Crippen LogP contribution in [0, 0.1) is 0 Å². The molecule has 10 N–H and O–H groups in total. The van der Waals surface area contributed by atoms with Gasteiger partial charge >= 0.3 is 18.0 Å². The zero-order valence-corrected chi connectivity index (χ0v) is 26.6. The molecule has 0 aromatic heterocycles. The van der Waals surface area contributed by atoms with Gasteiger partial charge in [0.2, 0.25) is 29.5 Å². The lowest BCUT2D eigenvalue weighted by Crippen LogP contribution is -2.58. The molecule has 1 aliphatic heterocycles. The SMILES string of the molecule is CNC(=O)NC(N)=NCCC[C@@H]1NC(=O)[C@@H](C)NC(=O)C[C@H](C(=O)O)NC(=O)C[C@@H](C(=O)O)NC(=O)[C@@H](Cc2ccccc2)N(C)C1=O. The van der Waals surface area contributed by atoms with Crippen LogP contribution in [-0.2, 0) is 40.0 Å². The summed E-state index contributed by atoms with van der Waals surface area (Å²) in [5, 5.41) is 33.1. The number of urea groups is 1. The number of guanidine groups is 1. The Bertz CT molecular complexity index is 1400. The van der Waals surface area contributed by atoms with E-state index >= 15 is 0 Å². The molecule has 0 aliphatic carbocycles. The minimum Gasteiger partial charge on any atom is -0.480 e. The first-order valence-corrected chi connectivity index (χ1v) is 14.9. The normalized spacial score (nSPS) is 23.5. The van der Waals surface area contributed by atoms with E-state index in [-0.39, 0.29) is 31.8 Å². The summed E-state index contributed by atoms with van der Waals surface area (Å²) in [6, 6.07) is 0.354. The highest BCUT2D eigenvalue weighted by Gasteiger charge is 2.36. The van der Waals surface area contributed by atoms with Crippen molar-refractivity contribution < 1.29 is 48.6 Å². The van der Waals surface area contributed by atoms with E-state index in [1.165, 1.54) is 21.0 Å². The lowest BCUT2D eigenvalue weighted by molar-refractivity contribution is -0.147. The van der Waals surface area contributed by atoms with E-state index in [1.807, 2.05) is 0 Å². The fraction of sp³-hybridized carbons (Fsp3) is 0.483. The quantitative estimate of drug-likeness (QED) is 0.0760. The summed E-state index contributed by atoms with van der Waals surface area (Å²) in [6.45, 7) is 1.30. The van der Waals surface area contributed by atoms with Gasteiger partial charge in [-0.15, -0.1) is 0 Å². The number of likely N-dealkylation sites (N-methyl/N-ethyl adjacent to an activating group) is 1. The molecule has 0 bridgehead atoms. The van der Waals surface area contributed by atoms with Gasteiger partial charge in [0.15, 0.2) is 5.96 Å². The third-order valence-corrected chi connectivity index (χ3v) is 7.20. The molecular formula is C29H41N9O10. The average Bonchev–Trinajstić information content (AvgIpc) is 3.03. The standard InChI is InChI=1S/C29H41N9O10/c1-15-23(41)35-17(10-7-11-32-28(30)37-29(48)31-2)25(43)38(3)20(12-16-8-5-4-6-9-16)24(42)36-19(27(46)47)14-22(40)34-18(26(44)45)13-21(39)33-15/h4-6,8-9,15,17-20H,7,10-14H2,1-3H3,(H,33,39)(H,34,40)(H,35,41)(H,36,42)(H,44,45)(H,46,47)(H4,30,31,32,37,48)/t15-,17+,18-,19+,20-/m1/s1. The molecule has 1 aliphatic rings. The van der Waals surface area contributed by atoms with E-state index in [1.54, 1.807) is 30.3 Å². The van der Waals surface area contributed by atoms with Crippen molar-refractivity contribution in [2.75, 3.05) is 20.6 Å². The number of carboxylic acid groups (broad SMARTS) is 2. The van der Waals surface area contributed by atoms with Crippen molar-refractivity contribution in [3.8, 4) is 0 Å². The molecule has 262 valence electrons. The molecule has 1 saturated heterocycles. The van der Waals surface area contributed by atoms with Crippen LogP contribution in [0.1, 0.15) is 38.2 Å². The number of aliphatic imine (C=N–C) groups is 1. The van der Waals surface area contributed by atoms with Crippen molar-refractivity contribution in [3.05, 3.63) is 35.9 Å². The van der Waals surface area contributed by atoms with Crippen LogP contribution in [0.3, 0.4) is 0 Å². The van der Waals surface area contributed by atoms with Crippen LogP contribution in [0.2, 0.25) is 0 Å². The van der Waals surface area contributed by atoms with Gasteiger partial charge in [0.05, 0.1) is 12.8 Å². The number of benzene rings is 1. The Labute approximate surface area is 275 Å². The minimum atomic E-state index is -1.83. The molecule has 0 unspecified atom stereocenters. The molecule has 0 spiro atoms. The molecule has 1 aromatic rings. The zero-order valence-electron chi connectivity index (χ0n) is 26.6. The van der Waals surface area contributed by atoms with Gasteiger partial charge in [0, 0.05) is 27.1 Å². The van der Waals surface area contributed by atoms with Crippen molar-refractivity contribution in [1.82, 2.24) is 36.8 Å². The Balaban J connectivity index is 2.50. The topological polar surface area (TPSA) is 291 Å². The first-order valence-electron chi connectivity index (χ1n) is 14.9. The van der Waals surface area contributed by atoms with E-state index in [0.29, 0.717) is 5.56 Å². The van der Waals surface area contributed by atoms with Gasteiger partial charge in [-0.05, 0) is 25.3 Å². The molecule has 1 fully saturated rings. The Kier molecular flexibility index (Phi) is 14.7. The van der Waals surface area contributed by atoms with Crippen LogP contribution in [0.25, 0.3) is 0 Å². The number of aliphatic carboxylic acids is 2. The lowest BCUT2D eigenvalue weighted by Gasteiger charge is -2.32. The highest BCUT2D eigenvalue weighted by Crippen LogP contribution is 2.13. The van der Waals surface area contributed by atoms with E-state index < -0.39 is 90.6 Å². The fourth-order valence-corrected chi connectivity index (χ4v) is 4.57. The molecule has 19 nitrogen and oxygen atoms in total. The van der Waals surface area contributed by atoms with Gasteiger partial charge in [0.1, 0.15) is 30.2 Å². The molecule has 48 heavy (non-hydrogen) atoms. The molecule has 7 amide bonds. The summed E-state index contributed by atoms with van der Waals surface area (Å²) in [5.41, 5.74) is 6.27. The number of carbonyl (C=O) groups is 8. The van der Waals surface area contributed by atoms with Crippen molar-refractivity contribution in [1.29, 1.82) is 0 Å². The first kappa shape index (κ1) is 38.4. The molecule has 2 rings (SSSR count). The second kappa shape index (κ2) is 18.4. The summed E-state index contributed by atoms with van der Waals surface area (Å²) < 4.78 is 0. The maximum Gasteiger partial charge on any atom is 0.326 e. The van der Waals surface area contributed by atoms with Crippen LogP contribution >= 0.6 is 0 Å². The minimum absolute atomic E-state index is 0.0112. The van der Waals surface area contributed by atoms with Gasteiger partial charge in [-0.1, -0.05) is 30.3 Å². The summed E-state index contributed by atoms with van der Waals surface area (Å²) >= 11 is 0. The molecule has 0 saturated carbocycles. The van der Waals surface area contributed by atoms with E-state index in [9.17, 15) is 48.6 Å². The highest BCUT2D eigenvalue weighted by molar-refractivity contribution is 5.97. The number of rotatable bonds is 8. The van der Waals surface area contributed by atoms with Crippen LogP contribution in [-0.4, -0.2) is 119 Å². The third kappa shape index (κ3) is 12.2. The predicted octanol–water partition coefficient (Wildman–Crippen LogP) is -3.00. The number of amides is 7. The zero-order chi connectivity index (χ0) is 36.0. The van der Waals surface area contributed by atoms with E-state index in [0.717, 1.165) is 4.90 Å². The number of hydrogen-bond acceptors (Lipinski definition) is 9. The fourth-order valence-electron chi connectivity index (χ4n) is 4.57. The Morgan fingerprint density at radius 3 is 2.08 bits per heavy atom. The van der Waals surface area contributed by atoms with Gasteiger partial charge < -0.3 is 47.4 Å². The van der Waals surface area contributed by atoms with Gasteiger partial charge in [-0.25, -0.2) is 14.4 Å². The smallest absolute Gasteiger partial charge is 0.326 e. The molecule has 5 atom stereocenters. The second-order valence-corrected chi connectivity index (χ2v) is 10.9. The molecule has 1 aromatic carbocycles. The Hall–Kier alpha value is -5.75. The molecule has 19 heteroatoms. The number of carbonyl (C=O) groups excluding carboxylic acids is 6. The third-order valence-electron chi connectivity index (χ3n) is 7.20. The summed E-state index contributed by atoms with van der Waals surface area (Å²) in [6.07, 6.45) is -1.70. The maximum absolute atomic E-state index is 13.9. The molecule has 0 radical (unpaired) electrons. The van der Waals surface area contributed by atoms with Crippen LogP contribution in [0.15, 0.2) is 35.3 Å². The first-order chi connectivity index (χ1) is 22.6. The number of nitrogens with two attached hydrogens (primary N) is 1. The lowest BCUT2D eigenvalue weighted by atomic mass is 10.0. The summed E-state index contributed by atoms with van der Waals surface area (Å²) in [4.78, 5) is 106. The number of carboxylic acids is 2. The van der Waals surface area contributed by atoms with E-state index in [2.05, 4.69) is 36.9 Å². The van der Waals surface area contributed by atoms with Crippen LogP contribution in [0.5, 0.6) is 0 Å². The summed E-state index contributed by atoms with van der Waals surface area (Å²) in [7, 11) is 2.67.